The Balaban J connectivity index is 1.57. The number of halogens is 1. The molecule has 1 N–H and O–H groups in total. The summed E-state index contributed by atoms with van der Waals surface area (Å²) in [6.45, 7) is 0.578. The molecular formula is C16H14IN5OS. The van der Waals surface area contributed by atoms with E-state index in [4.69, 9.17) is 0 Å². The van der Waals surface area contributed by atoms with Crippen molar-refractivity contribution >= 4 is 45.9 Å². The maximum Gasteiger partial charge on any atom is 0.234 e. The van der Waals surface area contributed by atoms with Crippen LogP contribution in [0.2, 0.25) is 0 Å². The Bertz CT molecular complexity index is 824. The molecule has 0 spiro atoms. The molecule has 1 aromatic heterocycles. The fourth-order valence-electron chi connectivity index (χ4n) is 2.05. The highest BCUT2D eigenvalue weighted by atomic mass is 127. The van der Waals surface area contributed by atoms with E-state index in [2.05, 4.69) is 43.4 Å². The second-order valence-electron chi connectivity index (χ2n) is 4.95. The molecule has 0 saturated heterocycles. The highest BCUT2D eigenvalue weighted by Gasteiger charge is 2.10. The summed E-state index contributed by atoms with van der Waals surface area (Å²) in [5.41, 5.74) is 1.89. The van der Waals surface area contributed by atoms with Gasteiger partial charge in [0.15, 0.2) is 0 Å². The highest BCUT2D eigenvalue weighted by molar-refractivity contribution is 14.1. The Morgan fingerprint density at radius 3 is 2.79 bits per heavy atom. The Hall–Kier alpha value is -1.94. The number of tetrazole rings is 1. The molecule has 24 heavy (non-hydrogen) atoms. The van der Waals surface area contributed by atoms with Gasteiger partial charge < -0.3 is 5.32 Å². The number of carbonyl (C=O) groups is 1. The number of hydrogen-bond acceptors (Lipinski definition) is 5. The molecule has 0 aliphatic rings. The van der Waals surface area contributed by atoms with Crippen LogP contribution >= 0.6 is 34.4 Å². The first-order chi connectivity index (χ1) is 11.7. The minimum absolute atomic E-state index is 0.0868. The largest absolute Gasteiger partial charge is 0.325 e. The number of nitrogens with one attached hydrogen (secondary N) is 1. The van der Waals surface area contributed by atoms with E-state index in [1.54, 1.807) is 4.68 Å². The van der Waals surface area contributed by atoms with Gasteiger partial charge in [0, 0.05) is 9.26 Å². The van der Waals surface area contributed by atoms with Gasteiger partial charge in [0.1, 0.15) is 0 Å². The average molecular weight is 451 g/mol. The summed E-state index contributed by atoms with van der Waals surface area (Å²) >= 11 is 3.53. The first kappa shape index (κ1) is 16.9. The van der Waals surface area contributed by atoms with Gasteiger partial charge in [-0.3, -0.25) is 4.79 Å². The van der Waals surface area contributed by atoms with Crippen LogP contribution in [0.15, 0.2) is 59.8 Å². The van der Waals surface area contributed by atoms with Crippen LogP contribution in [-0.4, -0.2) is 31.9 Å². The van der Waals surface area contributed by atoms with E-state index in [-0.39, 0.29) is 11.7 Å². The Morgan fingerprint density at radius 2 is 2.00 bits per heavy atom. The van der Waals surface area contributed by atoms with Crippen molar-refractivity contribution in [1.82, 2.24) is 20.2 Å². The molecule has 0 fully saturated rings. The summed E-state index contributed by atoms with van der Waals surface area (Å²) < 4.78 is 2.77. The van der Waals surface area contributed by atoms with E-state index in [9.17, 15) is 4.79 Å². The van der Waals surface area contributed by atoms with E-state index in [1.807, 2.05) is 54.6 Å². The smallest absolute Gasteiger partial charge is 0.234 e. The number of hydrogen-bond donors (Lipinski definition) is 1. The predicted molar refractivity (Wildman–Crippen MR) is 102 cm³/mol. The molecule has 3 rings (SSSR count). The van der Waals surface area contributed by atoms with Gasteiger partial charge in [0.25, 0.3) is 0 Å². The lowest BCUT2D eigenvalue weighted by molar-refractivity contribution is -0.113. The fraction of sp³-hybridized carbons (Fsp3) is 0.125. The molecule has 1 amide bonds. The van der Waals surface area contributed by atoms with Crippen molar-refractivity contribution in [1.29, 1.82) is 0 Å². The molecule has 0 unspecified atom stereocenters. The van der Waals surface area contributed by atoms with E-state index >= 15 is 0 Å². The van der Waals surface area contributed by atoms with E-state index in [0.29, 0.717) is 11.7 Å². The molecule has 6 nitrogen and oxygen atoms in total. The van der Waals surface area contributed by atoms with Crippen LogP contribution in [0.1, 0.15) is 5.56 Å². The zero-order chi connectivity index (χ0) is 16.8. The van der Waals surface area contributed by atoms with Gasteiger partial charge in [-0.15, -0.1) is 5.10 Å². The number of benzene rings is 2. The van der Waals surface area contributed by atoms with Crippen LogP contribution in [0.3, 0.4) is 0 Å². The maximum atomic E-state index is 12.1. The van der Waals surface area contributed by atoms with E-state index in [1.165, 1.54) is 11.8 Å². The summed E-state index contributed by atoms with van der Waals surface area (Å²) in [6.07, 6.45) is 0. The van der Waals surface area contributed by atoms with Crippen molar-refractivity contribution in [2.45, 2.75) is 11.7 Å². The molecule has 8 heteroatoms. The molecule has 1 heterocycles. The number of carbonyl (C=O) groups excluding carboxylic acids is 1. The van der Waals surface area contributed by atoms with Crippen LogP contribution in [0, 0.1) is 3.57 Å². The number of thioether (sulfide) groups is 1. The van der Waals surface area contributed by atoms with Gasteiger partial charge in [-0.05, 0) is 56.8 Å². The van der Waals surface area contributed by atoms with Gasteiger partial charge in [0.05, 0.1) is 12.3 Å². The Labute approximate surface area is 157 Å². The minimum Gasteiger partial charge on any atom is -0.325 e. The minimum atomic E-state index is -0.0868. The van der Waals surface area contributed by atoms with Gasteiger partial charge >= 0.3 is 0 Å². The molecular weight excluding hydrogens is 437 g/mol. The summed E-state index contributed by atoms with van der Waals surface area (Å²) in [7, 11) is 0. The van der Waals surface area contributed by atoms with Crippen molar-refractivity contribution in [2.75, 3.05) is 11.1 Å². The molecule has 0 saturated carbocycles. The molecule has 2 aromatic carbocycles. The van der Waals surface area contributed by atoms with E-state index < -0.39 is 0 Å². The molecule has 122 valence electrons. The molecule has 3 aromatic rings. The molecule has 0 aliphatic heterocycles. The Morgan fingerprint density at radius 1 is 1.17 bits per heavy atom. The molecule has 0 radical (unpaired) electrons. The van der Waals surface area contributed by atoms with Crippen molar-refractivity contribution in [2.24, 2.45) is 0 Å². The van der Waals surface area contributed by atoms with Crippen molar-refractivity contribution in [3.8, 4) is 0 Å². The first-order valence-corrected chi connectivity index (χ1v) is 9.25. The molecule has 0 atom stereocenters. The fourth-order valence-corrected chi connectivity index (χ4v) is 3.27. The third kappa shape index (κ3) is 4.78. The standard InChI is InChI=1S/C16H14IN5OS/c17-13-7-4-8-14(9-13)18-15(23)11-24-16-19-20-21-22(16)10-12-5-2-1-3-6-12/h1-9H,10-11H2,(H,18,23). The van der Waals surface area contributed by atoms with Crippen LogP contribution < -0.4 is 5.32 Å². The van der Waals surface area contributed by atoms with Crippen LogP contribution in [0.5, 0.6) is 0 Å². The number of anilines is 1. The monoisotopic (exact) mass is 451 g/mol. The van der Waals surface area contributed by atoms with Crippen molar-refractivity contribution < 1.29 is 4.79 Å². The number of rotatable bonds is 6. The number of aromatic nitrogens is 4. The maximum absolute atomic E-state index is 12.1. The second-order valence-corrected chi connectivity index (χ2v) is 7.14. The lowest BCUT2D eigenvalue weighted by Gasteiger charge is -2.06. The SMILES string of the molecule is O=C(CSc1nnnn1Cc1ccccc1)Nc1cccc(I)c1. The average Bonchev–Trinajstić information content (AvgIpc) is 3.01. The lowest BCUT2D eigenvalue weighted by atomic mass is 10.2. The number of nitrogens with zero attached hydrogens (tertiary/aromatic N) is 4. The van der Waals surface area contributed by atoms with Crippen molar-refractivity contribution in [3.05, 3.63) is 63.7 Å². The third-order valence-corrected chi connectivity index (χ3v) is 4.74. The van der Waals surface area contributed by atoms with Crippen molar-refractivity contribution in [3.63, 3.8) is 0 Å². The normalized spacial score (nSPS) is 10.5. The van der Waals surface area contributed by atoms with Gasteiger partial charge in [-0.1, -0.05) is 48.2 Å². The van der Waals surface area contributed by atoms with Crippen LogP contribution in [0.4, 0.5) is 5.69 Å². The second kappa shape index (κ2) is 8.25. The third-order valence-electron chi connectivity index (χ3n) is 3.11. The quantitative estimate of drug-likeness (QED) is 0.461. The first-order valence-electron chi connectivity index (χ1n) is 7.19. The summed E-state index contributed by atoms with van der Waals surface area (Å²) in [5, 5.41) is 15.2. The lowest BCUT2D eigenvalue weighted by Crippen LogP contribution is -2.15. The van der Waals surface area contributed by atoms with Gasteiger partial charge in [-0.2, -0.15) is 0 Å². The summed E-state index contributed by atoms with van der Waals surface area (Å²) in [4.78, 5) is 12.1. The predicted octanol–water partition coefficient (Wildman–Crippen LogP) is 3.06. The Kier molecular flexibility index (Phi) is 5.81. The summed E-state index contributed by atoms with van der Waals surface area (Å²) in [6, 6.07) is 17.6. The summed E-state index contributed by atoms with van der Waals surface area (Å²) in [5.74, 6) is 0.164. The number of amides is 1. The van der Waals surface area contributed by atoms with Gasteiger partial charge in [0.2, 0.25) is 11.1 Å². The zero-order valence-corrected chi connectivity index (χ0v) is 15.6. The topological polar surface area (TPSA) is 72.7 Å². The van der Waals surface area contributed by atoms with Crippen LogP contribution in [0.25, 0.3) is 0 Å². The van der Waals surface area contributed by atoms with Crippen LogP contribution in [-0.2, 0) is 11.3 Å². The zero-order valence-electron chi connectivity index (χ0n) is 12.6. The molecule has 0 aliphatic carbocycles. The molecule has 0 bridgehead atoms. The van der Waals surface area contributed by atoms with E-state index in [0.717, 1.165) is 14.8 Å². The van der Waals surface area contributed by atoms with Gasteiger partial charge in [-0.25, -0.2) is 4.68 Å². The highest BCUT2D eigenvalue weighted by Crippen LogP contribution is 2.17.